The first-order valence-electron chi connectivity index (χ1n) is 6.92. The van der Waals surface area contributed by atoms with Crippen molar-refractivity contribution in [2.75, 3.05) is 6.61 Å². The molecule has 0 spiro atoms. The lowest BCUT2D eigenvalue weighted by Crippen LogP contribution is -2.39. The number of nitro groups is 1. The number of halogens is 1. The van der Waals surface area contributed by atoms with Crippen LogP contribution in [0.5, 0.6) is 5.75 Å². The van der Waals surface area contributed by atoms with E-state index in [2.05, 4.69) is 21.2 Å². The Morgan fingerprint density at radius 1 is 1.38 bits per heavy atom. The van der Waals surface area contributed by atoms with Crippen molar-refractivity contribution >= 4 is 27.5 Å². The van der Waals surface area contributed by atoms with Crippen LogP contribution in [0.3, 0.4) is 0 Å². The van der Waals surface area contributed by atoms with Gasteiger partial charge in [0.1, 0.15) is 5.75 Å². The van der Waals surface area contributed by atoms with Crippen LogP contribution < -0.4 is 10.1 Å². The van der Waals surface area contributed by atoms with Crippen LogP contribution in [0.25, 0.3) is 0 Å². The maximum absolute atomic E-state index is 11.8. The lowest BCUT2D eigenvalue weighted by Gasteiger charge is -2.22. The molecule has 1 aromatic carbocycles. The molecule has 1 saturated carbocycles. The first kappa shape index (κ1) is 15.8. The third kappa shape index (κ3) is 4.70. The number of nitro benzene ring substituents is 1. The Kier molecular flexibility index (Phi) is 5.55. The Morgan fingerprint density at radius 3 is 2.76 bits per heavy atom. The van der Waals surface area contributed by atoms with Gasteiger partial charge in [-0.15, -0.1) is 0 Å². The van der Waals surface area contributed by atoms with E-state index in [0.717, 1.165) is 25.7 Å². The minimum Gasteiger partial charge on any atom is -0.482 e. The van der Waals surface area contributed by atoms with Gasteiger partial charge in [0.2, 0.25) is 0 Å². The van der Waals surface area contributed by atoms with Gasteiger partial charge < -0.3 is 10.1 Å². The predicted molar refractivity (Wildman–Crippen MR) is 81.3 cm³/mol. The van der Waals surface area contributed by atoms with E-state index < -0.39 is 4.92 Å². The fraction of sp³-hybridized carbons (Fsp3) is 0.500. The summed E-state index contributed by atoms with van der Waals surface area (Å²) in [7, 11) is 0. The molecule has 1 aliphatic carbocycles. The van der Waals surface area contributed by atoms with Crippen LogP contribution in [0.15, 0.2) is 22.7 Å². The van der Waals surface area contributed by atoms with E-state index in [0.29, 0.717) is 10.2 Å². The van der Waals surface area contributed by atoms with Gasteiger partial charge in [-0.1, -0.05) is 19.3 Å². The summed E-state index contributed by atoms with van der Waals surface area (Å²) >= 11 is 3.25. The van der Waals surface area contributed by atoms with E-state index in [1.165, 1.54) is 24.6 Å². The normalized spacial score (nSPS) is 15.5. The van der Waals surface area contributed by atoms with Gasteiger partial charge in [0.15, 0.2) is 6.61 Å². The average molecular weight is 357 g/mol. The number of hydrogen-bond donors (Lipinski definition) is 1. The summed E-state index contributed by atoms with van der Waals surface area (Å²) in [6.07, 6.45) is 5.52. The average Bonchev–Trinajstić information content (AvgIpc) is 2.47. The summed E-state index contributed by atoms with van der Waals surface area (Å²) in [5, 5.41) is 13.7. The molecule has 1 aromatic rings. The zero-order chi connectivity index (χ0) is 15.2. The molecule has 6 nitrogen and oxygen atoms in total. The van der Waals surface area contributed by atoms with E-state index in [1.54, 1.807) is 0 Å². The maximum atomic E-state index is 11.8. The topological polar surface area (TPSA) is 81.5 Å². The Morgan fingerprint density at radius 2 is 2.10 bits per heavy atom. The van der Waals surface area contributed by atoms with Crippen LogP contribution in [-0.2, 0) is 4.79 Å². The lowest BCUT2D eigenvalue weighted by molar-refractivity contribution is -0.385. The van der Waals surface area contributed by atoms with Gasteiger partial charge in [-0.05, 0) is 34.8 Å². The molecule has 0 heterocycles. The van der Waals surface area contributed by atoms with Crippen molar-refractivity contribution in [3.63, 3.8) is 0 Å². The van der Waals surface area contributed by atoms with Crippen LogP contribution in [0.4, 0.5) is 5.69 Å². The molecule has 1 aliphatic rings. The minimum atomic E-state index is -0.499. The SMILES string of the molecule is O=C(COc1cc([N+](=O)[O-])ccc1Br)NC1CCCCC1. The highest BCUT2D eigenvalue weighted by molar-refractivity contribution is 9.10. The fourth-order valence-electron chi connectivity index (χ4n) is 2.38. The summed E-state index contributed by atoms with van der Waals surface area (Å²) in [4.78, 5) is 22.1. The number of benzene rings is 1. The summed E-state index contributed by atoms with van der Waals surface area (Å²) in [5.41, 5.74) is -0.0686. The highest BCUT2D eigenvalue weighted by atomic mass is 79.9. The number of non-ortho nitro benzene ring substituents is 1. The zero-order valence-electron chi connectivity index (χ0n) is 11.5. The highest BCUT2D eigenvalue weighted by Crippen LogP contribution is 2.29. The van der Waals surface area contributed by atoms with Crippen molar-refractivity contribution in [3.8, 4) is 5.75 Å². The number of rotatable bonds is 5. The van der Waals surface area contributed by atoms with Crippen molar-refractivity contribution in [1.82, 2.24) is 5.32 Å². The Bertz CT molecular complexity index is 530. The quantitative estimate of drug-likeness (QED) is 0.648. The van der Waals surface area contributed by atoms with E-state index in [1.807, 2.05) is 0 Å². The first-order chi connectivity index (χ1) is 10.1. The predicted octanol–water partition coefficient (Wildman–Crippen LogP) is 3.19. The van der Waals surface area contributed by atoms with Crippen molar-refractivity contribution in [2.24, 2.45) is 0 Å². The van der Waals surface area contributed by atoms with E-state index in [9.17, 15) is 14.9 Å². The largest absolute Gasteiger partial charge is 0.482 e. The monoisotopic (exact) mass is 356 g/mol. The summed E-state index contributed by atoms with van der Waals surface area (Å²) in [5.74, 6) is 0.100. The van der Waals surface area contributed by atoms with Gasteiger partial charge in [-0.25, -0.2) is 0 Å². The lowest BCUT2D eigenvalue weighted by atomic mass is 9.95. The third-order valence-corrected chi connectivity index (χ3v) is 4.11. The molecular weight excluding hydrogens is 340 g/mol. The molecule has 114 valence electrons. The van der Waals surface area contributed by atoms with Crippen LogP contribution in [-0.4, -0.2) is 23.5 Å². The molecule has 1 fully saturated rings. The van der Waals surface area contributed by atoms with E-state index in [4.69, 9.17) is 4.74 Å². The second kappa shape index (κ2) is 7.40. The van der Waals surface area contributed by atoms with Crippen molar-refractivity contribution in [3.05, 3.63) is 32.8 Å². The van der Waals surface area contributed by atoms with Crippen LogP contribution in [0.2, 0.25) is 0 Å². The number of hydrogen-bond acceptors (Lipinski definition) is 4. The number of ether oxygens (including phenoxy) is 1. The smallest absolute Gasteiger partial charge is 0.273 e. The highest BCUT2D eigenvalue weighted by Gasteiger charge is 2.17. The van der Waals surface area contributed by atoms with Gasteiger partial charge in [0, 0.05) is 12.1 Å². The van der Waals surface area contributed by atoms with Crippen molar-refractivity contribution < 1.29 is 14.5 Å². The second-order valence-electron chi connectivity index (χ2n) is 5.06. The van der Waals surface area contributed by atoms with Gasteiger partial charge in [-0.3, -0.25) is 14.9 Å². The summed E-state index contributed by atoms with van der Waals surface area (Å²) < 4.78 is 5.95. The molecule has 1 amide bonds. The third-order valence-electron chi connectivity index (χ3n) is 3.45. The van der Waals surface area contributed by atoms with Crippen molar-refractivity contribution in [1.29, 1.82) is 0 Å². The molecule has 21 heavy (non-hydrogen) atoms. The zero-order valence-corrected chi connectivity index (χ0v) is 13.1. The molecular formula is C14H17BrN2O4. The Labute approximate surface area is 131 Å². The second-order valence-corrected chi connectivity index (χ2v) is 5.92. The van der Waals surface area contributed by atoms with Gasteiger partial charge in [-0.2, -0.15) is 0 Å². The minimum absolute atomic E-state index is 0.0686. The van der Waals surface area contributed by atoms with Gasteiger partial charge >= 0.3 is 0 Å². The van der Waals surface area contributed by atoms with Gasteiger partial charge in [0.05, 0.1) is 15.5 Å². The number of nitrogens with one attached hydrogen (secondary N) is 1. The number of nitrogens with zero attached hydrogens (tertiary/aromatic N) is 1. The molecule has 0 bridgehead atoms. The standard InChI is InChI=1S/C14H17BrN2O4/c15-12-7-6-11(17(19)20)8-13(12)21-9-14(18)16-10-4-2-1-3-5-10/h6-8,10H,1-5,9H2,(H,16,18). The molecule has 0 saturated heterocycles. The van der Waals surface area contributed by atoms with Crippen LogP contribution in [0.1, 0.15) is 32.1 Å². The molecule has 7 heteroatoms. The first-order valence-corrected chi connectivity index (χ1v) is 7.71. The van der Waals surface area contributed by atoms with Gasteiger partial charge in [0.25, 0.3) is 11.6 Å². The van der Waals surface area contributed by atoms with E-state index in [-0.39, 0.29) is 24.2 Å². The Hall–Kier alpha value is -1.63. The van der Waals surface area contributed by atoms with Crippen LogP contribution >= 0.6 is 15.9 Å². The number of amides is 1. The summed E-state index contributed by atoms with van der Waals surface area (Å²) in [6, 6.07) is 4.44. The van der Waals surface area contributed by atoms with Crippen molar-refractivity contribution in [2.45, 2.75) is 38.1 Å². The molecule has 0 atom stereocenters. The molecule has 0 unspecified atom stereocenters. The maximum Gasteiger partial charge on any atom is 0.273 e. The number of carbonyl (C=O) groups excluding carboxylic acids is 1. The molecule has 0 aliphatic heterocycles. The Balaban J connectivity index is 1.88. The van der Waals surface area contributed by atoms with E-state index >= 15 is 0 Å². The molecule has 1 N–H and O–H groups in total. The molecule has 0 aromatic heterocycles. The number of carbonyl (C=O) groups is 1. The summed E-state index contributed by atoms with van der Waals surface area (Å²) in [6.45, 7) is -0.143. The van der Waals surface area contributed by atoms with Crippen LogP contribution in [0, 0.1) is 10.1 Å². The molecule has 0 radical (unpaired) electrons. The molecule has 2 rings (SSSR count). The fourth-order valence-corrected chi connectivity index (χ4v) is 2.74.